The van der Waals surface area contributed by atoms with Crippen molar-refractivity contribution in [2.24, 2.45) is 0 Å². The lowest BCUT2D eigenvalue weighted by Crippen LogP contribution is -2.14. The normalized spacial score (nSPS) is 12.7. The Morgan fingerprint density at radius 1 is 1.05 bits per heavy atom. The highest BCUT2D eigenvalue weighted by molar-refractivity contribution is 5.85. The minimum atomic E-state index is 0.443. The van der Waals surface area contributed by atoms with Gasteiger partial charge in [-0.2, -0.15) is 0 Å². The Bertz CT molecular complexity index is 718. The van der Waals surface area contributed by atoms with Crippen molar-refractivity contribution in [1.82, 2.24) is 9.88 Å². The van der Waals surface area contributed by atoms with Gasteiger partial charge < -0.3 is 9.88 Å². The third-order valence-corrected chi connectivity index (χ3v) is 4.17. The summed E-state index contributed by atoms with van der Waals surface area (Å²) >= 11 is 0. The zero-order chi connectivity index (χ0) is 14.7. The molecule has 0 aliphatic carbocycles. The van der Waals surface area contributed by atoms with Crippen LogP contribution in [-0.4, -0.2) is 11.6 Å². The topological polar surface area (TPSA) is 17.0 Å². The van der Waals surface area contributed by atoms with Crippen molar-refractivity contribution in [2.45, 2.75) is 25.9 Å². The van der Waals surface area contributed by atoms with Gasteiger partial charge >= 0.3 is 0 Å². The molecule has 1 aromatic heterocycles. The summed E-state index contributed by atoms with van der Waals surface area (Å²) in [6.45, 7) is 3.13. The first-order valence-corrected chi connectivity index (χ1v) is 7.61. The maximum Gasteiger partial charge on any atom is 0.0476 e. The number of aromatic nitrogens is 1. The SMILES string of the molecule is CCC(NC)c1ccn(Cc2cccc3ccccc23)c1. The van der Waals surface area contributed by atoms with Crippen molar-refractivity contribution < 1.29 is 0 Å². The van der Waals surface area contributed by atoms with Gasteiger partial charge in [-0.3, -0.25) is 0 Å². The van der Waals surface area contributed by atoms with Crippen LogP contribution < -0.4 is 5.32 Å². The summed E-state index contributed by atoms with van der Waals surface area (Å²) in [4.78, 5) is 0. The monoisotopic (exact) mass is 278 g/mol. The van der Waals surface area contributed by atoms with E-state index in [0.717, 1.165) is 13.0 Å². The Morgan fingerprint density at radius 2 is 1.86 bits per heavy atom. The van der Waals surface area contributed by atoms with Gasteiger partial charge in [0.2, 0.25) is 0 Å². The fraction of sp³-hybridized carbons (Fsp3) is 0.263. The minimum Gasteiger partial charge on any atom is -0.350 e. The molecule has 0 spiro atoms. The number of nitrogens with zero attached hydrogens (tertiary/aromatic N) is 1. The second-order valence-electron chi connectivity index (χ2n) is 5.50. The first kappa shape index (κ1) is 13.9. The summed E-state index contributed by atoms with van der Waals surface area (Å²) in [6, 6.07) is 17.8. The van der Waals surface area contributed by atoms with Gasteiger partial charge in [0.25, 0.3) is 0 Å². The van der Waals surface area contributed by atoms with Gasteiger partial charge in [-0.25, -0.2) is 0 Å². The smallest absolute Gasteiger partial charge is 0.0476 e. The molecule has 0 amide bonds. The van der Waals surface area contributed by atoms with E-state index in [1.807, 2.05) is 7.05 Å². The van der Waals surface area contributed by atoms with Crippen molar-refractivity contribution in [3.8, 4) is 0 Å². The van der Waals surface area contributed by atoms with Crippen LogP contribution in [0.4, 0.5) is 0 Å². The molecule has 0 saturated carbocycles. The highest BCUT2D eigenvalue weighted by Crippen LogP contribution is 2.21. The lowest BCUT2D eigenvalue weighted by molar-refractivity contribution is 0.575. The zero-order valence-corrected chi connectivity index (χ0v) is 12.7. The quantitative estimate of drug-likeness (QED) is 0.733. The van der Waals surface area contributed by atoms with E-state index >= 15 is 0 Å². The van der Waals surface area contributed by atoms with Crippen LogP contribution in [0, 0.1) is 0 Å². The lowest BCUT2D eigenvalue weighted by atomic mass is 10.0. The van der Waals surface area contributed by atoms with Crippen LogP contribution in [0.3, 0.4) is 0 Å². The van der Waals surface area contributed by atoms with E-state index in [2.05, 4.69) is 77.7 Å². The molecule has 2 heteroatoms. The number of hydrogen-bond acceptors (Lipinski definition) is 1. The first-order chi connectivity index (χ1) is 10.3. The molecule has 3 rings (SSSR count). The summed E-state index contributed by atoms with van der Waals surface area (Å²) in [6.07, 6.45) is 5.54. The summed E-state index contributed by atoms with van der Waals surface area (Å²) < 4.78 is 2.27. The van der Waals surface area contributed by atoms with Gasteiger partial charge in [0.05, 0.1) is 0 Å². The van der Waals surface area contributed by atoms with Crippen LogP contribution in [-0.2, 0) is 6.54 Å². The van der Waals surface area contributed by atoms with Gasteiger partial charge in [0, 0.05) is 25.0 Å². The Morgan fingerprint density at radius 3 is 2.67 bits per heavy atom. The van der Waals surface area contributed by atoms with E-state index in [-0.39, 0.29) is 0 Å². The first-order valence-electron chi connectivity index (χ1n) is 7.61. The van der Waals surface area contributed by atoms with Crippen molar-refractivity contribution in [3.63, 3.8) is 0 Å². The number of nitrogens with one attached hydrogen (secondary N) is 1. The molecule has 0 saturated heterocycles. The van der Waals surface area contributed by atoms with Crippen LogP contribution in [0.25, 0.3) is 10.8 Å². The van der Waals surface area contributed by atoms with Crippen molar-refractivity contribution in [3.05, 3.63) is 72.1 Å². The third-order valence-electron chi connectivity index (χ3n) is 4.17. The van der Waals surface area contributed by atoms with Gasteiger partial charge in [0.15, 0.2) is 0 Å². The molecular weight excluding hydrogens is 256 g/mol. The Kier molecular flexibility index (Phi) is 4.07. The molecule has 2 nitrogen and oxygen atoms in total. The molecule has 2 aromatic carbocycles. The Labute approximate surface area is 126 Å². The van der Waals surface area contributed by atoms with E-state index in [4.69, 9.17) is 0 Å². The maximum atomic E-state index is 3.36. The number of rotatable bonds is 5. The molecule has 0 radical (unpaired) electrons. The van der Waals surface area contributed by atoms with Crippen LogP contribution in [0.2, 0.25) is 0 Å². The second-order valence-corrected chi connectivity index (χ2v) is 5.50. The number of hydrogen-bond donors (Lipinski definition) is 1. The fourth-order valence-corrected chi connectivity index (χ4v) is 3.00. The molecule has 21 heavy (non-hydrogen) atoms. The maximum absolute atomic E-state index is 3.36. The molecule has 0 bridgehead atoms. The molecular formula is C19H22N2. The largest absolute Gasteiger partial charge is 0.350 e. The van der Waals surface area contributed by atoms with Gasteiger partial charge in [0.1, 0.15) is 0 Å². The van der Waals surface area contributed by atoms with Crippen LogP contribution in [0.15, 0.2) is 60.9 Å². The van der Waals surface area contributed by atoms with E-state index in [9.17, 15) is 0 Å². The average molecular weight is 278 g/mol. The molecule has 0 aliphatic rings. The highest BCUT2D eigenvalue weighted by atomic mass is 14.9. The molecule has 0 aliphatic heterocycles. The molecule has 1 N–H and O–H groups in total. The summed E-state index contributed by atoms with van der Waals surface area (Å²) in [7, 11) is 2.02. The number of fused-ring (bicyclic) bond motifs is 1. The van der Waals surface area contributed by atoms with E-state index in [1.54, 1.807) is 0 Å². The molecule has 1 atom stereocenters. The van der Waals surface area contributed by atoms with Gasteiger partial charge in [-0.15, -0.1) is 0 Å². The summed E-state index contributed by atoms with van der Waals surface area (Å²) in [5.74, 6) is 0. The van der Waals surface area contributed by atoms with Crippen LogP contribution in [0.1, 0.15) is 30.5 Å². The molecule has 1 heterocycles. The highest BCUT2D eigenvalue weighted by Gasteiger charge is 2.08. The lowest BCUT2D eigenvalue weighted by Gasteiger charge is -2.12. The van der Waals surface area contributed by atoms with Gasteiger partial charge in [-0.1, -0.05) is 49.4 Å². The van der Waals surface area contributed by atoms with Crippen molar-refractivity contribution in [2.75, 3.05) is 7.05 Å². The zero-order valence-electron chi connectivity index (χ0n) is 12.7. The molecule has 108 valence electrons. The standard InChI is InChI=1S/C19H22N2/c1-3-19(20-2)17-11-12-21(14-17)13-16-9-6-8-15-7-4-5-10-18(15)16/h4-12,14,19-20H,3,13H2,1-2H3. The van der Waals surface area contributed by atoms with Gasteiger partial charge in [-0.05, 0) is 41.4 Å². The fourth-order valence-electron chi connectivity index (χ4n) is 3.00. The van der Waals surface area contributed by atoms with Crippen molar-refractivity contribution >= 4 is 10.8 Å². The van der Waals surface area contributed by atoms with E-state index in [1.165, 1.54) is 21.9 Å². The third kappa shape index (κ3) is 2.86. The Hall–Kier alpha value is -2.06. The van der Waals surface area contributed by atoms with Crippen molar-refractivity contribution in [1.29, 1.82) is 0 Å². The predicted molar refractivity (Wildman–Crippen MR) is 89.6 cm³/mol. The number of benzene rings is 2. The summed E-state index contributed by atoms with van der Waals surface area (Å²) in [5, 5.41) is 6.01. The Balaban J connectivity index is 1.89. The van der Waals surface area contributed by atoms with Crippen LogP contribution in [0.5, 0.6) is 0 Å². The molecule has 0 fully saturated rings. The second kappa shape index (κ2) is 6.15. The van der Waals surface area contributed by atoms with E-state index < -0.39 is 0 Å². The van der Waals surface area contributed by atoms with E-state index in [0.29, 0.717) is 6.04 Å². The predicted octanol–water partition coefficient (Wildman–Crippen LogP) is 4.36. The minimum absolute atomic E-state index is 0.443. The molecule has 1 unspecified atom stereocenters. The van der Waals surface area contributed by atoms with Crippen LogP contribution >= 0.6 is 0 Å². The molecule has 3 aromatic rings. The average Bonchev–Trinajstić information content (AvgIpc) is 2.97. The summed E-state index contributed by atoms with van der Waals surface area (Å²) in [5.41, 5.74) is 2.73.